The van der Waals surface area contributed by atoms with Crippen molar-refractivity contribution in [2.75, 3.05) is 26.3 Å². The van der Waals surface area contributed by atoms with Gasteiger partial charge in [-0.05, 0) is 53.1 Å². The van der Waals surface area contributed by atoms with E-state index in [1.807, 2.05) is 24.4 Å². The zero-order chi connectivity index (χ0) is 23.7. The van der Waals surface area contributed by atoms with E-state index in [0.717, 1.165) is 11.1 Å². The lowest BCUT2D eigenvalue weighted by molar-refractivity contribution is 0.0298. The van der Waals surface area contributed by atoms with Crippen molar-refractivity contribution < 1.29 is 17.9 Å². The maximum Gasteiger partial charge on any atom is 0.272 e. The number of sulfone groups is 1. The van der Waals surface area contributed by atoms with E-state index in [1.165, 1.54) is 0 Å². The minimum atomic E-state index is -3.55. The van der Waals surface area contributed by atoms with Crippen LogP contribution in [0.5, 0.6) is 0 Å². The van der Waals surface area contributed by atoms with E-state index in [9.17, 15) is 13.2 Å². The first-order chi connectivity index (χ1) is 16.4. The molecule has 3 heterocycles. The Morgan fingerprint density at radius 2 is 1.74 bits per heavy atom. The minimum Gasteiger partial charge on any atom is -0.378 e. The predicted octanol–water partition coefficient (Wildman–Crippen LogP) is 4.10. The molecule has 9 heteroatoms. The highest BCUT2D eigenvalue weighted by molar-refractivity contribution is 7.90. The van der Waals surface area contributed by atoms with Crippen molar-refractivity contribution in [3.63, 3.8) is 0 Å². The van der Waals surface area contributed by atoms with Gasteiger partial charge < -0.3 is 9.64 Å². The molecule has 1 saturated heterocycles. The summed E-state index contributed by atoms with van der Waals surface area (Å²) in [7, 11) is -3.55. The topological polar surface area (TPSA) is 81.0 Å². The molecule has 0 N–H and O–H groups in total. The van der Waals surface area contributed by atoms with E-state index in [-0.39, 0.29) is 16.6 Å². The Balaban J connectivity index is 1.48. The quantitative estimate of drug-likeness (QED) is 0.416. The second kappa shape index (κ2) is 9.21. The van der Waals surface area contributed by atoms with Crippen LogP contribution in [0.25, 0.3) is 16.8 Å². The smallest absolute Gasteiger partial charge is 0.272 e. The molecule has 0 atom stereocenters. The molecular weight excluding hydrogens is 474 g/mol. The highest BCUT2D eigenvalue weighted by Crippen LogP contribution is 2.29. The number of halogens is 1. The van der Waals surface area contributed by atoms with Crippen molar-refractivity contribution in [1.29, 1.82) is 0 Å². The number of nitrogens with zero attached hydrogens (tertiary/aromatic N) is 3. The lowest BCUT2D eigenvalue weighted by Gasteiger charge is -2.26. The van der Waals surface area contributed by atoms with Gasteiger partial charge in [0.1, 0.15) is 11.3 Å². The lowest BCUT2D eigenvalue weighted by Crippen LogP contribution is -2.41. The number of fused-ring (bicyclic) bond motifs is 1. The standard InChI is InChI=1S/C25H22ClN3O4S/c26-22-8-6-18(14-20(22)17-34(31,32)21-4-2-1-3-5-21)19-7-9-24-27-15-23(29(24)16-19)25(30)28-10-12-33-13-11-28/h1-9,14-16H,10-13,17H2. The highest BCUT2D eigenvalue weighted by Gasteiger charge is 2.22. The summed E-state index contributed by atoms with van der Waals surface area (Å²) >= 11 is 6.37. The van der Waals surface area contributed by atoms with Crippen molar-refractivity contribution >= 4 is 33.0 Å². The van der Waals surface area contributed by atoms with Crippen molar-refractivity contribution in [3.05, 3.63) is 89.3 Å². The van der Waals surface area contributed by atoms with E-state index in [0.29, 0.717) is 48.2 Å². The van der Waals surface area contributed by atoms with Gasteiger partial charge in [-0.2, -0.15) is 0 Å². The molecule has 0 bridgehead atoms. The first kappa shape index (κ1) is 22.6. The van der Waals surface area contributed by atoms with E-state index in [4.69, 9.17) is 16.3 Å². The number of morpholine rings is 1. The number of carbonyl (C=O) groups is 1. The molecule has 1 aliphatic rings. The van der Waals surface area contributed by atoms with Crippen molar-refractivity contribution in [3.8, 4) is 11.1 Å². The molecule has 7 nitrogen and oxygen atoms in total. The molecule has 34 heavy (non-hydrogen) atoms. The van der Waals surface area contributed by atoms with Gasteiger partial charge in [-0.3, -0.25) is 9.20 Å². The van der Waals surface area contributed by atoms with E-state index >= 15 is 0 Å². The molecule has 4 aromatic rings. The van der Waals surface area contributed by atoms with Crippen LogP contribution in [0.1, 0.15) is 16.1 Å². The SMILES string of the molecule is O=C(c1cnc2ccc(-c3ccc(Cl)c(CS(=O)(=O)c4ccccc4)c3)cn12)N1CCOCC1. The van der Waals surface area contributed by atoms with Crippen LogP contribution in [0.3, 0.4) is 0 Å². The van der Waals surface area contributed by atoms with Crippen LogP contribution in [0, 0.1) is 0 Å². The number of aromatic nitrogens is 2. The number of carbonyl (C=O) groups excluding carboxylic acids is 1. The van der Waals surface area contributed by atoms with Gasteiger partial charge >= 0.3 is 0 Å². The first-order valence-corrected chi connectivity index (χ1v) is 12.9. The maximum atomic E-state index is 13.0. The van der Waals surface area contributed by atoms with Gasteiger partial charge in [0.25, 0.3) is 5.91 Å². The van der Waals surface area contributed by atoms with Crippen LogP contribution < -0.4 is 0 Å². The molecule has 0 saturated carbocycles. The summed E-state index contributed by atoms with van der Waals surface area (Å²) in [6.07, 6.45) is 3.42. The first-order valence-electron chi connectivity index (χ1n) is 10.8. The summed E-state index contributed by atoms with van der Waals surface area (Å²) in [5.74, 6) is -0.309. The Hall–Kier alpha value is -3.20. The second-order valence-corrected chi connectivity index (χ2v) is 10.5. The monoisotopic (exact) mass is 495 g/mol. The van der Waals surface area contributed by atoms with Crippen LogP contribution >= 0.6 is 11.6 Å². The Morgan fingerprint density at radius 3 is 2.50 bits per heavy atom. The fourth-order valence-electron chi connectivity index (χ4n) is 4.02. The van der Waals surface area contributed by atoms with Crippen LogP contribution in [0.2, 0.25) is 5.02 Å². The molecule has 5 rings (SSSR count). The van der Waals surface area contributed by atoms with Gasteiger partial charge in [0.2, 0.25) is 0 Å². The average molecular weight is 496 g/mol. The van der Waals surface area contributed by atoms with Gasteiger partial charge in [-0.1, -0.05) is 35.9 Å². The van der Waals surface area contributed by atoms with Crippen LogP contribution in [0.15, 0.2) is 78.0 Å². The molecular formula is C25H22ClN3O4S. The summed E-state index contributed by atoms with van der Waals surface area (Å²) in [5, 5.41) is 0.384. The number of rotatable bonds is 5. The normalized spacial score (nSPS) is 14.4. The molecule has 2 aromatic carbocycles. The highest BCUT2D eigenvalue weighted by atomic mass is 35.5. The fourth-order valence-corrected chi connectivity index (χ4v) is 5.67. The summed E-state index contributed by atoms with van der Waals surface area (Å²) in [5.41, 5.74) is 3.25. The Kier molecular flexibility index (Phi) is 6.12. The molecule has 2 aromatic heterocycles. The fraction of sp³-hybridized carbons (Fsp3) is 0.200. The molecule has 1 aliphatic heterocycles. The van der Waals surface area contributed by atoms with Crippen LogP contribution in [-0.4, -0.2) is 54.9 Å². The van der Waals surface area contributed by atoms with Gasteiger partial charge in [0.15, 0.2) is 9.84 Å². The van der Waals surface area contributed by atoms with Crippen molar-refractivity contribution in [2.45, 2.75) is 10.6 Å². The number of imidazole rings is 1. The number of ether oxygens (including phenoxy) is 1. The number of hydrogen-bond donors (Lipinski definition) is 0. The number of hydrogen-bond acceptors (Lipinski definition) is 5. The number of amides is 1. The van der Waals surface area contributed by atoms with Crippen LogP contribution in [0.4, 0.5) is 0 Å². The number of pyridine rings is 1. The minimum absolute atomic E-state index is 0.0984. The van der Waals surface area contributed by atoms with Gasteiger partial charge in [-0.25, -0.2) is 13.4 Å². The molecule has 174 valence electrons. The molecule has 0 aliphatic carbocycles. The predicted molar refractivity (Wildman–Crippen MR) is 130 cm³/mol. The summed E-state index contributed by atoms with van der Waals surface area (Å²) in [6, 6.07) is 17.4. The zero-order valence-corrected chi connectivity index (χ0v) is 19.8. The molecule has 1 amide bonds. The van der Waals surface area contributed by atoms with Crippen molar-refractivity contribution in [1.82, 2.24) is 14.3 Å². The van der Waals surface area contributed by atoms with E-state index in [1.54, 1.807) is 58.0 Å². The van der Waals surface area contributed by atoms with Gasteiger partial charge in [0, 0.05) is 24.3 Å². The number of benzene rings is 2. The van der Waals surface area contributed by atoms with Gasteiger partial charge in [0.05, 0.1) is 30.1 Å². The summed E-state index contributed by atoms with van der Waals surface area (Å²) < 4.78 is 32.9. The van der Waals surface area contributed by atoms with Crippen LogP contribution in [-0.2, 0) is 20.3 Å². The van der Waals surface area contributed by atoms with E-state index in [2.05, 4.69) is 4.98 Å². The largest absolute Gasteiger partial charge is 0.378 e. The van der Waals surface area contributed by atoms with E-state index < -0.39 is 9.84 Å². The van der Waals surface area contributed by atoms with Crippen molar-refractivity contribution in [2.24, 2.45) is 0 Å². The molecule has 0 spiro atoms. The molecule has 0 unspecified atom stereocenters. The second-order valence-electron chi connectivity index (χ2n) is 8.07. The van der Waals surface area contributed by atoms with Gasteiger partial charge in [-0.15, -0.1) is 0 Å². The average Bonchev–Trinajstić information content (AvgIpc) is 3.29. The Labute approximate surface area is 202 Å². The lowest BCUT2D eigenvalue weighted by atomic mass is 10.1. The Bertz CT molecular complexity index is 1460. The summed E-state index contributed by atoms with van der Waals surface area (Å²) in [6.45, 7) is 2.13. The Morgan fingerprint density at radius 1 is 1.00 bits per heavy atom. The third-order valence-electron chi connectivity index (χ3n) is 5.85. The molecule has 1 fully saturated rings. The third-order valence-corrected chi connectivity index (χ3v) is 7.90. The third kappa shape index (κ3) is 4.44. The molecule has 0 radical (unpaired) electrons. The summed E-state index contributed by atoms with van der Waals surface area (Å²) in [4.78, 5) is 19.4. The zero-order valence-electron chi connectivity index (χ0n) is 18.2. The maximum absolute atomic E-state index is 13.0.